The molecule has 0 amide bonds. The molecule has 3 rings (SSSR count). The van der Waals surface area contributed by atoms with E-state index >= 15 is 0 Å². The second-order valence-electron chi connectivity index (χ2n) is 3.47. The number of aliphatic imine (C=N–C) groups is 1. The van der Waals surface area contributed by atoms with Crippen LogP contribution in [0.25, 0.3) is 0 Å². The molecule has 66 valence electrons. The predicted molar refractivity (Wildman–Crippen MR) is 53.1 cm³/mol. The maximum absolute atomic E-state index is 4.36. The monoisotopic (exact) mass is 173 g/mol. The molecular weight excluding hydrogens is 162 g/mol. The van der Waals surface area contributed by atoms with E-state index in [2.05, 4.69) is 39.9 Å². The molecule has 13 heavy (non-hydrogen) atoms. The average Bonchev–Trinajstić information content (AvgIpc) is 2.56. The summed E-state index contributed by atoms with van der Waals surface area (Å²) in [6.45, 7) is 0.984. The number of nitrogens with one attached hydrogen (secondary N) is 2. The Hall–Kier alpha value is -1.51. The Kier molecular flexibility index (Phi) is 1.33. The minimum absolute atomic E-state index is 0.249. The van der Waals surface area contributed by atoms with Crippen molar-refractivity contribution in [2.24, 2.45) is 4.99 Å². The fourth-order valence-corrected chi connectivity index (χ4v) is 2.06. The summed E-state index contributed by atoms with van der Waals surface area (Å²) < 4.78 is 0. The Morgan fingerprint density at radius 2 is 2.23 bits per heavy atom. The van der Waals surface area contributed by atoms with Crippen LogP contribution in [0.2, 0.25) is 0 Å². The highest BCUT2D eigenvalue weighted by Crippen LogP contribution is 2.36. The zero-order chi connectivity index (χ0) is 8.67. The molecule has 2 N–H and O–H groups in total. The van der Waals surface area contributed by atoms with Crippen molar-refractivity contribution in [1.29, 1.82) is 0 Å². The highest BCUT2D eigenvalue weighted by Gasteiger charge is 2.32. The minimum Gasteiger partial charge on any atom is -0.376 e. The molecule has 2 heterocycles. The van der Waals surface area contributed by atoms with Gasteiger partial charge in [0.2, 0.25) is 0 Å². The van der Waals surface area contributed by atoms with E-state index in [0.717, 1.165) is 6.54 Å². The van der Waals surface area contributed by atoms with Crippen molar-refractivity contribution in [2.45, 2.75) is 12.1 Å². The molecule has 0 fully saturated rings. The SMILES string of the molecule is C1=NC2Nc3ccccc3C2CN1. The first-order chi connectivity index (χ1) is 6.45. The van der Waals surface area contributed by atoms with Gasteiger partial charge < -0.3 is 10.6 Å². The largest absolute Gasteiger partial charge is 0.376 e. The van der Waals surface area contributed by atoms with Gasteiger partial charge in [-0.15, -0.1) is 0 Å². The van der Waals surface area contributed by atoms with Crippen molar-refractivity contribution < 1.29 is 0 Å². The molecule has 0 saturated carbocycles. The van der Waals surface area contributed by atoms with Gasteiger partial charge in [0.25, 0.3) is 0 Å². The number of hydrogen-bond acceptors (Lipinski definition) is 3. The molecule has 0 aliphatic carbocycles. The Labute approximate surface area is 76.9 Å². The number of para-hydroxylation sites is 1. The summed E-state index contributed by atoms with van der Waals surface area (Å²) in [6.07, 6.45) is 2.04. The predicted octanol–water partition coefficient (Wildman–Crippen LogP) is 1.15. The smallest absolute Gasteiger partial charge is 0.129 e. The van der Waals surface area contributed by atoms with Gasteiger partial charge >= 0.3 is 0 Å². The maximum atomic E-state index is 4.36. The first-order valence-electron chi connectivity index (χ1n) is 4.55. The summed E-state index contributed by atoms with van der Waals surface area (Å²) >= 11 is 0. The average molecular weight is 173 g/mol. The molecule has 0 bridgehead atoms. The van der Waals surface area contributed by atoms with Crippen molar-refractivity contribution in [2.75, 3.05) is 11.9 Å². The summed E-state index contributed by atoms with van der Waals surface area (Å²) in [7, 11) is 0. The van der Waals surface area contributed by atoms with Gasteiger partial charge in [0.05, 0.1) is 6.34 Å². The van der Waals surface area contributed by atoms with Crippen LogP contribution in [0.1, 0.15) is 11.5 Å². The lowest BCUT2D eigenvalue weighted by Crippen LogP contribution is -2.33. The van der Waals surface area contributed by atoms with Gasteiger partial charge in [0.15, 0.2) is 0 Å². The van der Waals surface area contributed by atoms with E-state index in [1.807, 2.05) is 0 Å². The van der Waals surface area contributed by atoms with Crippen LogP contribution >= 0.6 is 0 Å². The third-order valence-electron chi connectivity index (χ3n) is 2.71. The van der Waals surface area contributed by atoms with Gasteiger partial charge in [0.1, 0.15) is 6.17 Å². The molecule has 0 spiro atoms. The minimum atomic E-state index is 0.249. The molecule has 1 aromatic carbocycles. The highest BCUT2D eigenvalue weighted by atomic mass is 15.2. The zero-order valence-corrected chi connectivity index (χ0v) is 7.20. The van der Waals surface area contributed by atoms with E-state index in [1.54, 1.807) is 6.34 Å². The molecule has 2 aliphatic heterocycles. The number of benzene rings is 1. The standard InChI is InChI=1S/C10H11N3/c1-2-4-9-7(3-1)8-5-11-6-12-10(8)13-9/h1-4,6,8,10,13H,5H2,(H,11,12). The summed E-state index contributed by atoms with van der Waals surface area (Å²) in [5.41, 5.74) is 2.62. The van der Waals surface area contributed by atoms with E-state index in [0.29, 0.717) is 5.92 Å². The summed E-state index contributed by atoms with van der Waals surface area (Å²) in [5.74, 6) is 0.501. The summed E-state index contributed by atoms with van der Waals surface area (Å²) in [4.78, 5) is 4.36. The lowest BCUT2D eigenvalue weighted by molar-refractivity contribution is 0.574. The second kappa shape index (κ2) is 2.49. The number of hydrogen-bond donors (Lipinski definition) is 2. The van der Waals surface area contributed by atoms with Crippen molar-refractivity contribution in [1.82, 2.24) is 5.32 Å². The normalized spacial score (nSPS) is 28.6. The van der Waals surface area contributed by atoms with Gasteiger partial charge in [-0.25, -0.2) is 0 Å². The van der Waals surface area contributed by atoms with Crippen LogP contribution in [0.3, 0.4) is 0 Å². The van der Waals surface area contributed by atoms with E-state index in [1.165, 1.54) is 11.3 Å². The van der Waals surface area contributed by atoms with Gasteiger partial charge in [-0.3, -0.25) is 4.99 Å². The van der Waals surface area contributed by atoms with Crippen LogP contribution in [0, 0.1) is 0 Å². The van der Waals surface area contributed by atoms with Gasteiger partial charge in [0, 0.05) is 18.2 Å². The number of rotatable bonds is 0. The number of nitrogens with zero attached hydrogens (tertiary/aromatic N) is 1. The Morgan fingerprint density at radius 1 is 1.31 bits per heavy atom. The van der Waals surface area contributed by atoms with Crippen molar-refractivity contribution in [3.8, 4) is 0 Å². The topological polar surface area (TPSA) is 36.4 Å². The number of anilines is 1. The molecule has 0 radical (unpaired) electrons. The Morgan fingerprint density at radius 3 is 3.23 bits per heavy atom. The molecule has 2 atom stereocenters. The van der Waals surface area contributed by atoms with Crippen molar-refractivity contribution in [3.63, 3.8) is 0 Å². The first-order valence-corrected chi connectivity index (χ1v) is 4.55. The molecular formula is C10H11N3. The van der Waals surface area contributed by atoms with Crippen LogP contribution in [-0.2, 0) is 0 Å². The lowest BCUT2D eigenvalue weighted by atomic mass is 9.99. The van der Waals surface area contributed by atoms with Gasteiger partial charge in [-0.2, -0.15) is 0 Å². The molecule has 1 aromatic rings. The van der Waals surface area contributed by atoms with Crippen LogP contribution in [-0.4, -0.2) is 19.0 Å². The van der Waals surface area contributed by atoms with Gasteiger partial charge in [-0.05, 0) is 11.6 Å². The fourth-order valence-electron chi connectivity index (χ4n) is 2.06. The Bertz CT molecular complexity index is 359. The third-order valence-corrected chi connectivity index (χ3v) is 2.71. The van der Waals surface area contributed by atoms with Crippen LogP contribution < -0.4 is 10.6 Å². The summed E-state index contributed by atoms with van der Waals surface area (Å²) in [6, 6.07) is 8.43. The van der Waals surface area contributed by atoms with Crippen molar-refractivity contribution in [3.05, 3.63) is 29.8 Å². The summed E-state index contributed by atoms with van der Waals surface area (Å²) in [5, 5.41) is 6.56. The fraction of sp³-hybridized carbons (Fsp3) is 0.300. The van der Waals surface area contributed by atoms with E-state index in [9.17, 15) is 0 Å². The van der Waals surface area contributed by atoms with Crippen LogP contribution in [0.5, 0.6) is 0 Å². The first kappa shape index (κ1) is 6.95. The molecule has 3 heteroatoms. The number of fused-ring (bicyclic) bond motifs is 3. The molecule has 0 saturated heterocycles. The van der Waals surface area contributed by atoms with E-state index in [-0.39, 0.29) is 6.17 Å². The van der Waals surface area contributed by atoms with Gasteiger partial charge in [-0.1, -0.05) is 18.2 Å². The molecule has 2 aliphatic rings. The van der Waals surface area contributed by atoms with Crippen molar-refractivity contribution >= 4 is 12.0 Å². The quantitative estimate of drug-likeness (QED) is 0.617. The lowest BCUT2D eigenvalue weighted by Gasteiger charge is -2.20. The third kappa shape index (κ3) is 0.932. The molecule has 0 aromatic heterocycles. The maximum Gasteiger partial charge on any atom is 0.129 e. The van der Waals surface area contributed by atoms with Crippen LogP contribution in [0.4, 0.5) is 5.69 Å². The molecule has 2 unspecified atom stereocenters. The zero-order valence-electron chi connectivity index (χ0n) is 7.20. The Balaban J connectivity index is 2.07. The van der Waals surface area contributed by atoms with E-state index in [4.69, 9.17) is 0 Å². The van der Waals surface area contributed by atoms with E-state index < -0.39 is 0 Å². The van der Waals surface area contributed by atoms with Crippen LogP contribution in [0.15, 0.2) is 29.3 Å². The molecule has 3 nitrogen and oxygen atoms in total. The second-order valence-corrected chi connectivity index (χ2v) is 3.47. The highest BCUT2D eigenvalue weighted by molar-refractivity contribution is 5.64.